The van der Waals surface area contributed by atoms with E-state index in [1.807, 2.05) is 51.7 Å². The first-order valence-electron chi connectivity index (χ1n) is 21.8. The van der Waals surface area contributed by atoms with Crippen molar-refractivity contribution < 1.29 is 73.4 Å². The molecule has 3 aliphatic heterocycles. The van der Waals surface area contributed by atoms with Gasteiger partial charge in [0, 0.05) is 50.8 Å². The van der Waals surface area contributed by atoms with Crippen molar-refractivity contribution in [1.82, 2.24) is 15.1 Å². The van der Waals surface area contributed by atoms with Crippen LogP contribution in [0.15, 0.2) is 0 Å². The number of carboxylic acid groups (broad SMARTS) is 1. The van der Waals surface area contributed by atoms with Gasteiger partial charge in [0.2, 0.25) is 5.91 Å². The number of aliphatic carboxylic acids is 1. The number of nitrogens with zero attached hydrogens (tertiary/aromatic N) is 2. The van der Waals surface area contributed by atoms with Gasteiger partial charge in [-0.2, -0.15) is 12.6 Å². The standard InChI is InChI=1S/C38H72N2O12.C5H9NO3S/c1-15-27-38(10,46)31(42)24(6)40(13)19-20(2)17-36(8,45)33(52-35-29(41)26(39(11)12)16-21(3)48-35)22(4)30(23(5)34(44)50-27)51-28-18-37(9,47-14)32(43)25(7)49-28;1-3(7)6-4(2-10)5(8)9/h20-33,35,41-43,45-46H,15-19H2,1-14H3;4,10H,2H2,1H3,(H,6,7)(H,8,9)/t20-,21-,22+,23-,24-,25+,26+,27-,28+,29-,30+,31-,32+,33-,35+,36-,37-,38-;/m1./s1. The maximum Gasteiger partial charge on any atom is 0.327 e. The molecule has 0 aromatic heterocycles. The molecule has 1 amide bonds. The third-order valence-electron chi connectivity index (χ3n) is 13.1. The van der Waals surface area contributed by atoms with Crippen LogP contribution in [0.5, 0.6) is 0 Å². The highest BCUT2D eigenvalue weighted by Crippen LogP contribution is 2.40. The molecule has 0 aliphatic carbocycles. The molecule has 1 unspecified atom stereocenters. The number of nitrogens with one attached hydrogen (secondary N) is 1. The molecule has 3 aliphatic rings. The number of esters is 1. The molecule has 364 valence electrons. The lowest BCUT2D eigenvalue weighted by Crippen LogP contribution is -2.60. The molecule has 3 saturated heterocycles. The van der Waals surface area contributed by atoms with Crippen molar-refractivity contribution in [3.05, 3.63) is 0 Å². The normalized spacial score (nSPS) is 43.6. The first kappa shape index (κ1) is 56.4. The highest BCUT2D eigenvalue weighted by molar-refractivity contribution is 7.80. The van der Waals surface area contributed by atoms with Gasteiger partial charge >= 0.3 is 11.9 Å². The summed E-state index contributed by atoms with van der Waals surface area (Å²) in [7, 11) is 7.12. The topological polar surface area (TPSA) is 246 Å². The molecule has 0 aromatic carbocycles. The molecule has 3 heterocycles. The SMILES string of the molecule is CC(=O)NC(CS)C(=O)O.CC[C@H]1OC(=O)[C@H](C)[C@@H](O[C@H]2C[C@@](C)(OC)[C@@H](O)[C@H](C)O2)[C@H](C)[C@@H](O[C@@H]2O[C@H](C)C[C@H](N(C)C)[C@H]2O)[C@](C)(O)C[C@@H](C)CN(C)[C@H](C)[C@@H](O)[C@]1(C)O. The number of hydrogen-bond donors (Lipinski definition) is 8. The van der Waals surface area contributed by atoms with E-state index in [2.05, 4.69) is 17.9 Å². The Labute approximate surface area is 374 Å². The molecular weight excluding hydrogens is 831 g/mol. The van der Waals surface area contributed by atoms with E-state index in [9.17, 15) is 39.9 Å². The third kappa shape index (κ3) is 14.4. The average molecular weight is 912 g/mol. The summed E-state index contributed by atoms with van der Waals surface area (Å²) in [4.78, 5) is 38.6. The van der Waals surface area contributed by atoms with Crippen molar-refractivity contribution in [3.63, 3.8) is 0 Å². The van der Waals surface area contributed by atoms with Crippen molar-refractivity contribution in [2.45, 2.75) is 198 Å². The number of thiol groups is 1. The fourth-order valence-corrected chi connectivity index (χ4v) is 9.41. The van der Waals surface area contributed by atoms with E-state index in [4.69, 9.17) is 33.5 Å². The predicted molar refractivity (Wildman–Crippen MR) is 233 cm³/mol. The summed E-state index contributed by atoms with van der Waals surface area (Å²) in [6, 6.07) is -1.68. The van der Waals surface area contributed by atoms with E-state index < -0.39 is 108 Å². The molecule has 0 radical (unpaired) electrons. The zero-order valence-corrected chi connectivity index (χ0v) is 40.6. The summed E-state index contributed by atoms with van der Waals surface area (Å²) in [6.07, 6.45) is -8.19. The lowest BCUT2D eigenvalue weighted by Gasteiger charge is -2.48. The highest BCUT2D eigenvalue weighted by Gasteiger charge is 2.52. The van der Waals surface area contributed by atoms with Gasteiger partial charge in [-0.05, 0) is 94.8 Å². The predicted octanol–water partition coefficient (Wildman–Crippen LogP) is 1.41. The minimum atomic E-state index is -1.80. The molecule has 62 heavy (non-hydrogen) atoms. The van der Waals surface area contributed by atoms with Crippen LogP contribution in [0.3, 0.4) is 0 Å². The number of carbonyl (C=O) groups is 3. The van der Waals surface area contributed by atoms with Gasteiger partial charge in [0.15, 0.2) is 12.6 Å². The second kappa shape index (κ2) is 23.6. The van der Waals surface area contributed by atoms with E-state index in [-0.39, 0.29) is 49.0 Å². The zero-order chi connectivity index (χ0) is 47.8. The first-order valence-corrected chi connectivity index (χ1v) is 22.5. The molecule has 19 heteroatoms. The minimum Gasteiger partial charge on any atom is -0.480 e. The lowest BCUT2D eigenvalue weighted by atomic mass is 9.77. The molecule has 7 N–H and O–H groups in total. The smallest absolute Gasteiger partial charge is 0.327 e. The van der Waals surface area contributed by atoms with E-state index >= 15 is 0 Å². The second-order valence-electron chi connectivity index (χ2n) is 18.9. The van der Waals surface area contributed by atoms with Crippen molar-refractivity contribution in [2.24, 2.45) is 17.8 Å². The largest absolute Gasteiger partial charge is 0.480 e. The third-order valence-corrected chi connectivity index (χ3v) is 13.4. The molecule has 0 saturated carbocycles. The van der Waals surface area contributed by atoms with Crippen molar-refractivity contribution in [3.8, 4) is 0 Å². The Morgan fingerprint density at radius 2 is 1.60 bits per heavy atom. The lowest BCUT2D eigenvalue weighted by molar-refractivity contribution is -0.318. The Morgan fingerprint density at radius 1 is 1.00 bits per heavy atom. The summed E-state index contributed by atoms with van der Waals surface area (Å²) in [5, 5.41) is 68.7. The van der Waals surface area contributed by atoms with Crippen molar-refractivity contribution >= 4 is 30.5 Å². The quantitative estimate of drug-likeness (QED) is 0.114. The zero-order valence-electron chi connectivity index (χ0n) is 39.7. The summed E-state index contributed by atoms with van der Waals surface area (Å²) < 4.78 is 37.5. The maximum absolute atomic E-state index is 14.2. The van der Waals surface area contributed by atoms with Gasteiger partial charge in [-0.25, -0.2) is 4.79 Å². The molecule has 19 atom stereocenters. The fraction of sp³-hybridized carbons (Fsp3) is 0.930. The maximum atomic E-state index is 14.2. The van der Waals surface area contributed by atoms with Crippen LogP contribution in [0.25, 0.3) is 0 Å². The highest BCUT2D eigenvalue weighted by atomic mass is 32.1. The van der Waals surface area contributed by atoms with Crippen LogP contribution in [0, 0.1) is 17.8 Å². The number of hydrogen-bond acceptors (Lipinski definition) is 17. The number of rotatable bonds is 10. The number of carbonyl (C=O) groups excluding carboxylic acids is 2. The molecule has 0 aromatic rings. The van der Waals surface area contributed by atoms with Gasteiger partial charge in [-0.15, -0.1) is 0 Å². The van der Waals surface area contributed by atoms with Crippen LogP contribution in [0.1, 0.15) is 102 Å². The average Bonchev–Trinajstić information content (AvgIpc) is 3.17. The van der Waals surface area contributed by atoms with Gasteiger partial charge in [0.05, 0.1) is 41.5 Å². The number of amides is 1. The van der Waals surface area contributed by atoms with Gasteiger partial charge in [0.1, 0.15) is 36.1 Å². The van der Waals surface area contributed by atoms with Crippen LogP contribution in [0.4, 0.5) is 0 Å². The molecule has 3 rings (SSSR count). The van der Waals surface area contributed by atoms with Crippen LogP contribution >= 0.6 is 12.6 Å². The Hall–Kier alpha value is -1.72. The summed E-state index contributed by atoms with van der Waals surface area (Å²) in [6.45, 7) is 19.3. The van der Waals surface area contributed by atoms with Gasteiger partial charge < -0.3 is 74.2 Å². The van der Waals surface area contributed by atoms with Crippen molar-refractivity contribution in [1.29, 1.82) is 0 Å². The number of methoxy groups -OCH3 is 1. The Balaban J connectivity index is 0.00000117. The van der Waals surface area contributed by atoms with Gasteiger partial charge in [-0.3, -0.25) is 9.59 Å². The Morgan fingerprint density at radius 3 is 2.08 bits per heavy atom. The number of aliphatic hydroxyl groups is 5. The molecule has 3 fully saturated rings. The van der Waals surface area contributed by atoms with Crippen LogP contribution in [0.2, 0.25) is 0 Å². The van der Waals surface area contributed by atoms with Gasteiger partial charge in [0.25, 0.3) is 0 Å². The fourth-order valence-electron chi connectivity index (χ4n) is 9.17. The van der Waals surface area contributed by atoms with Crippen LogP contribution in [-0.2, 0) is 42.8 Å². The van der Waals surface area contributed by atoms with Crippen LogP contribution in [-0.4, -0.2) is 195 Å². The number of likely N-dealkylation sites (N-methyl/N-ethyl adjacent to an activating group) is 2. The Kier molecular flexibility index (Phi) is 21.5. The number of aliphatic hydroxyl groups excluding tert-OH is 3. The van der Waals surface area contributed by atoms with E-state index in [1.54, 1.807) is 41.5 Å². The number of carboxylic acids is 1. The van der Waals surface area contributed by atoms with Crippen LogP contribution < -0.4 is 5.32 Å². The molecule has 18 nitrogen and oxygen atoms in total. The summed E-state index contributed by atoms with van der Waals surface area (Å²) in [5.41, 5.74) is -4.37. The first-order chi connectivity index (χ1) is 28.5. The molecule has 0 spiro atoms. The minimum absolute atomic E-state index is 0.106. The molecule has 0 bridgehead atoms. The molecular formula is C43H81N3O15S. The summed E-state index contributed by atoms with van der Waals surface area (Å²) >= 11 is 3.73. The van der Waals surface area contributed by atoms with E-state index in [0.717, 1.165) is 0 Å². The van der Waals surface area contributed by atoms with Crippen molar-refractivity contribution in [2.75, 3.05) is 40.6 Å². The number of cyclic esters (lactones) is 1. The monoisotopic (exact) mass is 912 g/mol. The second-order valence-corrected chi connectivity index (χ2v) is 19.3. The van der Waals surface area contributed by atoms with Gasteiger partial charge in [-0.1, -0.05) is 20.8 Å². The number of ether oxygens (including phenoxy) is 6. The van der Waals surface area contributed by atoms with E-state index in [0.29, 0.717) is 13.0 Å². The van der Waals surface area contributed by atoms with E-state index in [1.165, 1.54) is 21.0 Å². The Bertz CT molecular complexity index is 1430. The summed E-state index contributed by atoms with van der Waals surface area (Å²) in [5.74, 6) is -3.90.